The van der Waals surface area contributed by atoms with Gasteiger partial charge in [0.15, 0.2) is 0 Å². The Balaban J connectivity index is 2.31. The number of rotatable bonds is 0. The zero-order chi connectivity index (χ0) is 14.8. The van der Waals surface area contributed by atoms with Crippen LogP contribution in [0.5, 0.6) is 0 Å². The summed E-state index contributed by atoms with van der Waals surface area (Å²) in [5.74, 6) is 0. The van der Waals surface area contributed by atoms with E-state index in [2.05, 4.69) is 61.5 Å². The van der Waals surface area contributed by atoms with Crippen molar-refractivity contribution in [1.29, 1.82) is 0 Å². The van der Waals surface area contributed by atoms with Crippen LogP contribution in [0.4, 0.5) is 5.69 Å². The summed E-state index contributed by atoms with van der Waals surface area (Å²) in [4.78, 5) is 0. The van der Waals surface area contributed by atoms with Gasteiger partial charge in [0.1, 0.15) is 0 Å². The van der Waals surface area contributed by atoms with E-state index in [0.29, 0.717) is 0 Å². The summed E-state index contributed by atoms with van der Waals surface area (Å²) in [6.07, 6.45) is 0. The molecule has 5 aromatic rings. The van der Waals surface area contributed by atoms with Crippen molar-refractivity contribution in [2.24, 2.45) is 0 Å². The normalized spacial score (nSPS) is 12.0. The van der Waals surface area contributed by atoms with Gasteiger partial charge in [-0.2, -0.15) is 0 Å². The van der Waals surface area contributed by atoms with Crippen molar-refractivity contribution in [2.75, 3.05) is 5.73 Å². The number of nitrogens with two attached hydrogens (primary N) is 1. The second-order valence-electron chi connectivity index (χ2n) is 6.09. The van der Waals surface area contributed by atoms with Gasteiger partial charge in [-0.15, -0.1) is 0 Å². The number of benzene rings is 5. The van der Waals surface area contributed by atoms with Crippen LogP contribution in [0.25, 0.3) is 43.1 Å². The second-order valence-corrected chi connectivity index (χ2v) is 6.09. The third-order valence-corrected chi connectivity index (χ3v) is 4.90. The summed E-state index contributed by atoms with van der Waals surface area (Å²) >= 11 is 0. The number of hydrogen-bond acceptors (Lipinski definition) is 1. The molecule has 0 amide bonds. The lowest BCUT2D eigenvalue weighted by atomic mass is 9.88. The maximum absolute atomic E-state index is 6.38. The monoisotopic (exact) mass is 281 g/mol. The molecule has 0 aliphatic heterocycles. The van der Waals surface area contributed by atoms with E-state index in [0.717, 1.165) is 5.69 Å². The van der Waals surface area contributed by atoms with E-state index in [-0.39, 0.29) is 0 Å². The Morgan fingerprint density at radius 1 is 0.591 bits per heavy atom. The largest absolute Gasteiger partial charge is 0.398 e. The molecule has 0 radical (unpaired) electrons. The van der Waals surface area contributed by atoms with Crippen LogP contribution >= 0.6 is 0 Å². The maximum atomic E-state index is 6.38. The van der Waals surface area contributed by atoms with Crippen molar-refractivity contribution in [1.82, 2.24) is 0 Å². The average molecular weight is 281 g/mol. The van der Waals surface area contributed by atoms with Gasteiger partial charge in [0.05, 0.1) is 0 Å². The first-order chi connectivity index (χ1) is 10.8. The van der Waals surface area contributed by atoms with Crippen LogP contribution in [-0.4, -0.2) is 0 Å². The van der Waals surface area contributed by atoms with E-state index < -0.39 is 0 Å². The molecule has 0 heterocycles. The van der Waals surface area contributed by atoms with Crippen LogP contribution in [-0.2, 0) is 0 Å². The predicted molar refractivity (Wildman–Crippen MR) is 96.8 cm³/mol. The molecule has 1 nitrogen and oxygen atoms in total. The summed E-state index contributed by atoms with van der Waals surface area (Å²) in [6.45, 7) is 2.17. The molecule has 0 aromatic heterocycles. The molecule has 5 rings (SSSR count). The maximum Gasteiger partial charge on any atom is 0.0400 e. The van der Waals surface area contributed by atoms with E-state index in [1.165, 1.54) is 48.7 Å². The van der Waals surface area contributed by atoms with Crippen molar-refractivity contribution in [3.63, 3.8) is 0 Å². The first-order valence-electron chi connectivity index (χ1n) is 7.60. The van der Waals surface area contributed by atoms with E-state index in [1.807, 2.05) is 6.07 Å². The highest BCUT2D eigenvalue weighted by Crippen LogP contribution is 2.42. The van der Waals surface area contributed by atoms with Gasteiger partial charge in [0, 0.05) is 11.1 Å². The Labute approximate surface area is 128 Å². The Kier molecular flexibility index (Phi) is 2.09. The minimum absolute atomic E-state index is 0.862. The molecule has 104 valence electrons. The molecule has 0 spiro atoms. The van der Waals surface area contributed by atoms with E-state index in [4.69, 9.17) is 5.73 Å². The number of aryl methyl sites for hydroxylation is 1. The molecule has 1 heteroatoms. The minimum Gasteiger partial charge on any atom is -0.398 e. The van der Waals surface area contributed by atoms with Crippen LogP contribution in [0.1, 0.15) is 5.56 Å². The molecule has 0 bridgehead atoms. The van der Waals surface area contributed by atoms with Gasteiger partial charge in [-0.3, -0.25) is 0 Å². The van der Waals surface area contributed by atoms with Crippen LogP contribution in [0.15, 0.2) is 60.7 Å². The molecule has 0 aliphatic carbocycles. The lowest BCUT2D eigenvalue weighted by molar-refractivity contribution is 1.55. The Morgan fingerprint density at radius 2 is 1.27 bits per heavy atom. The van der Waals surface area contributed by atoms with E-state index in [9.17, 15) is 0 Å². The smallest absolute Gasteiger partial charge is 0.0400 e. The SMILES string of the molecule is Cc1ccc2c3cccc4cccc(c5c(N)ccc1c25)c43. The molecule has 5 aromatic carbocycles. The van der Waals surface area contributed by atoms with Crippen molar-refractivity contribution < 1.29 is 0 Å². The van der Waals surface area contributed by atoms with Gasteiger partial charge >= 0.3 is 0 Å². The molecule has 0 fully saturated rings. The van der Waals surface area contributed by atoms with Crippen molar-refractivity contribution in [3.8, 4) is 0 Å². The Hall–Kier alpha value is -2.80. The summed E-state index contributed by atoms with van der Waals surface area (Å²) < 4.78 is 0. The van der Waals surface area contributed by atoms with Gasteiger partial charge in [-0.25, -0.2) is 0 Å². The summed E-state index contributed by atoms with van der Waals surface area (Å²) in [6, 6.07) is 21.7. The van der Waals surface area contributed by atoms with Crippen LogP contribution in [0.2, 0.25) is 0 Å². The quantitative estimate of drug-likeness (QED) is 0.222. The second kappa shape index (κ2) is 3.89. The van der Waals surface area contributed by atoms with Gasteiger partial charge in [0.2, 0.25) is 0 Å². The molecule has 0 aliphatic rings. The van der Waals surface area contributed by atoms with Crippen LogP contribution < -0.4 is 5.73 Å². The van der Waals surface area contributed by atoms with Crippen molar-refractivity contribution in [2.45, 2.75) is 6.92 Å². The van der Waals surface area contributed by atoms with Crippen LogP contribution in [0, 0.1) is 6.92 Å². The lowest BCUT2D eigenvalue weighted by Crippen LogP contribution is -1.93. The van der Waals surface area contributed by atoms with Gasteiger partial charge in [-0.1, -0.05) is 54.6 Å². The molecular formula is C21H15N. The van der Waals surface area contributed by atoms with Crippen molar-refractivity contribution in [3.05, 3.63) is 66.2 Å². The molecule has 0 atom stereocenters. The number of anilines is 1. The molecular weight excluding hydrogens is 266 g/mol. The van der Waals surface area contributed by atoms with Gasteiger partial charge in [-0.05, 0) is 56.3 Å². The lowest BCUT2D eigenvalue weighted by Gasteiger charge is -2.16. The van der Waals surface area contributed by atoms with Crippen LogP contribution in [0.3, 0.4) is 0 Å². The van der Waals surface area contributed by atoms with Gasteiger partial charge < -0.3 is 5.73 Å². The molecule has 2 N–H and O–H groups in total. The summed E-state index contributed by atoms with van der Waals surface area (Å²) in [5.41, 5.74) is 8.54. The molecule has 22 heavy (non-hydrogen) atoms. The average Bonchev–Trinajstić information content (AvgIpc) is 2.54. The molecule has 0 saturated carbocycles. The molecule has 0 saturated heterocycles. The first-order valence-corrected chi connectivity index (χ1v) is 7.60. The first kappa shape index (κ1) is 11.8. The van der Waals surface area contributed by atoms with Gasteiger partial charge in [0.25, 0.3) is 0 Å². The van der Waals surface area contributed by atoms with E-state index in [1.54, 1.807) is 0 Å². The Morgan fingerprint density at radius 3 is 2.09 bits per heavy atom. The predicted octanol–water partition coefficient (Wildman–Crippen LogP) is 5.63. The zero-order valence-electron chi connectivity index (χ0n) is 12.4. The number of nitrogen functional groups attached to an aromatic ring is 1. The Bertz CT molecular complexity index is 1180. The fourth-order valence-corrected chi connectivity index (χ4v) is 3.90. The zero-order valence-corrected chi connectivity index (χ0v) is 12.4. The third kappa shape index (κ3) is 1.29. The fourth-order valence-electron chi connectivity index (χ4n) is 3.90. The van der Waals surface area contributed by atoms with E-state index >= 15 is 0 Å². The molecule has 0 unspecified atom stereocenters. The number of fused-ring (bicyclic) bond motifs is 2. The highest BCUT2D eigenvalue weighted by Gasteiger charge is 2.14. The summed E-state index contributed by atoms with van der Waals surface area (Å²) in [7, 11) is 0. The standard InChI is InChI=1S/C21H15N/c1-12-8-9-16-15-6-2-4-13-5-3-7-17(19(13)15)21-18(22)11-10-14(12)20(16)21/h2-11H,22H2,1H3. The minimum atomic E-state index is 0.862. The highest BCUT2D eigenvalue weighted by molar-refractivity contribution is 6.35. The third-order valence-electron chi connectivity index (χ3n) is 4.90. The fraction of sp³-hybridized carbons (Fsp3) is 0.0476. The topological polar surface area (TPSA) is 26.0 Å². The summed E-state index contributed by atoms with van der Waals surface area (Å²) in [5, 5.41) is 10.3. The highest BCUT2D eigenvalue weighted by atomic mass is 14.6. The van der Waals surface area contributed by atoms with Crippen molar-refractivity contribution >= 4 is 48.8 Å². The number of hydrogen-bond donors (Lipinski definition) is 1.